The van der Waals surface area contributed by atoms with Crippen molar-refractivity contribution in [1.82, 2.24) is 14.2 Å². The fourth-order valence-corrected chi connectivity index (χ4v) is 5.76. The van der Waals surface area contributed by atoms with E-state index in [2.05, 4.69) is 29.3 Å². The van der Waals surface area contributed by atoms with Gasteiger partial charge in [0.2, 0.25) is 10.0 Å². The molecule has 29 heavy (non-hydrogen) atoms. The Morgan fingerprint density at radius 2 is 1.66 bits per heavy atom. The molecule has 0 atom stereocenters. The second-order valence-electron chi connectivity index (χ2n) is 7.17. The van der Waals surface area contributed by atoms with Crippen LogP contribution < -0.4 is 0 Å². The topological polar surface area (TPSA) is 53.5 Å². The number of hydrogen-bond donors (Lipinski definition) is 0. The zero-order chi connectivity index (χ0) is 20.3. The standard InChI is InChI=1S/C22H25N3O2S2/c1-2-18-8-10-20(11-9-18)29(26,27)25-14-12-24(13-15-25)16-22-23-21(17-28-22)19-6-4-3-5-7-19/h3-11,17H,2,12-16H2,1H3. The number of thiazole rings is 1. The van der Waals surface area contributed by atoms with Gasteiger partial charge in [0.1, 0.15) is 5.01 Å². The lowest BCUT2D eigenvalue weighted by Crippen LogP contribution is -2.48. The van der Waals surface area contributed by atoms with E-state index in [4.69, 9.17) is 4.98 Å². The summed E-state index contributed by atoms with van der Waals surface area (Å²) < 4.78 is 27.4. The van der Waals surface area contributed by atoms with Crippen molar-refractivity contribution in [1.29, 1.82) is 0 Å². The van der Waals surface area contributed by atoms with Crippen molar-refractivity contribution in [3.05, 3.63) is 70.5 Å². The Hall–Kier alpha value is -2.06. The third kappa shape index (κ3) is 4.59. The molecule has 5 nitrogen and oxygen atoms in total. The van der Waals surface area contributed by atoms with Crippen LogP contribution in [-0.2, 0) is 23.0 Å². The molecule has 0 unspecified atom stereocenters. The molecule has 0 aliphatic carbocycles. The van der Waals surface area contributed by atoms with E-state index in [0.29, 0.717) is 31.1 Å². The van der Waals surface area contributed by atoms with Crippen LogP contribution in [0.4, 0.5) is 0 Å². The van der Waals surface area contributed by atoms with E-state index in [-0.39, 0.29) is 0 Å². The fraction of sp³-hybridized carbons (Fsp3) is 0.318. The molecular formula is C22H25N3O2S2. The molecule has 3 aromatic rings. The molecule has 1 aromatic heterocycles. The number of benzene rings is 2. The van der Waals surface area contributed by atoms with Crippen LogP contribution in [0.2, 0.25) is 0 Å². The number of rotatable bonds is 6. The third-order valence-electron chi connectivity index (χ3n) is 5.28. The second kappa shape index (κ2) is 8.75. The molecule has 2 aromatic carbocycles. The van der Waals surface area contributed by atoms with Gasteiger partial charge in [-0.15, -0.1) is 11.3 Å². The Balaban J connectivity index is 1.36. The normalized spacial score (nSPS) is 16.2. The molecule has 4 rings (SSSR count). The van der Waals surface area contributed by atoms with E-state index in [1.165, 1.54) is 0 Å². The first-order valence-corrected chi connectivity index (χ1v) is 12.2. The van der Waals surface area contributed by atoms with E-state index in [9.17, 15) is 8.42 Å². The molecule has 1 fully saturated rings. The zero-order valence-electron chi connectivity index (χ0n) is 16.5. The molecule has 0 bridgehead atoms. The second-order valence-corrected chi connectivity index (χ2v) is 10.1. The van der Waals surface area contributed by atoms with Gasteiger partial charge in [0.15, 0.2) is 0 Å². The van der Waals surface area contributed by atoms with Gasteiger partial charge < -0.3 is 0 Å². The number of sulfonamides is 1. The van der Waals surface area contributed by atoms with Gasteiger partial charge >= 0.3 is 0 Å². The van der Waals surface area contributed by atoms with Crippen LogP contribution in [-0.4, -0.2) is 48.8 Å². The van der Waals surface area contributed by atoms with Crippen molar-refractivity contribution in [3.63, 3.8) is 0 Å². The van der Waals surface area contributed by atoms with Crippen molar-refractivity contribution < 1.29 is 8.42 Å². The number of aryl methyl sites for hydroxylation is 1. The average Bonchev–Trinajstić information content (AvgIpc) is 3.23. The van der Waals surface area contributed by atoms with Crippen molar-refractivity contribution in [2.45, 2.75) is 24.8 Å². The van der Waals surface area contributed by atoms with Gasteiger partial charge in [0.05, 0.1) is 17.1 Å². The largest absolute Gasteiger partial charge is 0.294 e. The van der Waals surface area contributed by atoms with Gasteiger partial charge in [-0.3, -0.25) is 4.90 Å². The van der Waals surface area contributed by atoms with Gasteiger partial charge in [-0.2, -0.15) is 4.31 Å². The summed E-state index contributed by atoms with van der Waals surface area (Å²) in [7, 11) is -3.42. The minimum absolute atomic E-state index is 0.385. The SMILES string of the molecule is CCc1ccc(S(=O)(=O)N2CCN(Cc3nc(-c4ccccc4)cs3)CC2)cc1. The summed E-state index contributed by atoms with van der Waals surface area (Å²) in [4.78, 5) is 7.41. The molecule has 2 heterocycles. The highest BCUT2D eigenvalue weighted by Crippen LogP contribution is 2.24. The molecule has 1 aliphatic rings. The van der Waals surface area contributed by atoms with Gasteiger partial charge in [0.25, 0.3) is 0 Å². The maximum absolute atomic E-state index is 12.9. The Bertz CT molecular complexity index is 1040. The Morgan fingerprint density at radius 3 is 2.31 bits per heavy atom. The number of hydrogen-bond acceptors (Lipinski definition) is 5. The van der Waals surface area contributed by atoms with Gasteiger partial charge in [-0.1, -0.05) is 49.4 Å². The van der Waals surface area contributed by atoms with Crippen LogP contribution >= 0.6 is 11.3 Å². The summed E-state index contributed by atoms with van der Waals surface area (Å²) in [5.74, 6) is 0. The fourth-order valence-electron chi connectivity index (χ4n) is 3.49. The van der Waals surface area contributed by atoms with Gasteiger partial charge in [-0.25, -0.2) is 13.4 Å². The van der Waals surface area contributed by atoms with Gasteiger partial charge in [0, 0.05) is 37.1 Å². The van der Waals surface area contributed by atoms with Crippen LogP contribution in [0.3, 0.4) is 0 Å². The molecule has 0 amide bonds. The number of nitrogens with zero attached hydrogens (tertiary/aromatic N) is 3. The smallest absolute Gasteiger partial charge is 0.243 e. The lowest BCUT2D eigenvalue weighted by Gasteiger charge is -2.33. The predicted octanol–water partition coefficient (Wildman–Crippen LogP) is 3.88. The van der Waals surface area contributed by atoms with Crippen LogP contribution in [0.15, 0.2) is 64.9 Å². The Morgan fingerprint density at radius 1 is 0.966 bits per heavy atom. The Labute approximate surface area is 176 Å². The lowest BCUT2D eigenvalue weighted by atomic mass is 10.2. The van der Waals surface area contributed by atoms with Crippen molar-refractivity contribution >= 4 is 21.4 Å². The first-order chi connectivity index (χ1) is 14.1. The summed E-state index contributed by atoms with van der Waals surface area (Å²) in [5.41, 5.74) is 3.27. The molecule has 1 saturated heterocycles. The van der Waals surface area contributed by atoms with E-state index >= 15 is 0 Å². The summed E-state index contributed by atoms with van der Waals surface area (Å²) in [6, 6.07) is 17.4. The Kier molecular flexibility index (Phi) is 6.10. The minimum Gasteiger partial charge on any atom is -0.294 e. The molecule has 0 N–H and O–H groups in total. The highest BCUT2D eigenvalue weighted by atomic mass is 32.2. The number of piperazine rings is 1. The maximum atomic E-state index is 12.9. The van der Waals surface area contributed by atoms with E-state index in [1.54, 1.807) is 27.8 Å². The molecular weight excluding hydrogens is 402 g/mol. The predicted molar refractivity (Wildman–Crippen MR) is 117 cm³/mol. The van der Waals surface area contributed by atoms with E-state index in [0.717, 1.165) is 34.8 Å². The quantitative estimate of drug-likeness (QED) is 0.599. The first-order valence-electron chi connectivity index (χ1n) is 9.87. The van der Waals surface area contributed by atoms with Crippen LogP contribution in [0.1, 0.15) is 17.5 Å². The number of aromatic nitrogens is 1. The van der Waals surface area contributed by atoms with Crippen LogP contribution in [0.5, 0.6) is 0 Å². The van der Waals surface area contributed by atoms with Crippen molar-refractivity contribution in [2.75, 3.05) is 26.2 Å². The zero-order valence-corrected chi connectivity index (χ0v) is 18.1. The first kappa shape index (κ1) is 20.2. The highest BCUT2D eigenvalue weighted by molar-refractivity contribution is 7.89. The van der Waals surface area contributed by atoms with E-state index in [1.807, 2.05) is 30.3 Å². The summed E-state index contributed by atoms with van der Waals surface area (Å²) in [6.45, 7) is 5.27. The molecule has 0 saturated carbocycles. The summed E-state index contributed by atoms with van der Waals surface area (Å²) >= 11 is 1.66. The molecule has 152 valence electrons. The van der Waals surface area contributed by atoms with Crippen LogP contribution in [0, 0.1) is 0 Å². The lowest BCUT2D eigenvalue weighted by molar-refractivity contribution is 0.181. The minimum atomic E-state index is -3.42. The highest BCUT2D eigenvalue weighted by Gasteiger charge is 2.28. The van der Waals surface area contributed by atoms with E-state index < -0.39 is 10.0 Å². The molecule has 0 spiro atoms. The summed E-state index contributed by atoms with van der Waals surface area (Å²) in [5, 5.41) is 3.15. The maximum Gasteiger partial charge on any atom is 0.243 e. The van der Waals surface area contributed by atoms with Gasteiger partial charge in [-0.05, 0) is 24.1 Å². The monoisotopic (exact) mass is 427 g/mol. The third-order valence-corrected chi connectivity index (χ3v) is 8.03. The van der Waals surface area contributed by atoms with Crippen molar-refractivity contribution in [2.24, 2.45) is 0 Å². The molecule has 0 radical (unpaired) electrons. The molecule has 1 aliphatic heterocycles. The summed E-state index contributed by atoms with van der Waals surface area (Å²) in [6.07, 6.45) is 0.905. The average molecular weight is 428 g/mol. The van der Waals surface area contributed by atoms with Crippen molar-refractivity contribution in [3.8, 4) is 11.3 Å². The molecule has 7 heteroatoms. The van der Waals surface area contributed by atoms with Crippen LogP contribution in [0.25, 0.3) is 11.3 Å².